The molecule has 0 radical (unpaired) electrons. The number of likely N-dealkylation sites (tertiary alicyclic amines) is 3. The molecule has 3 N–H and O–H groups in total. The lowest BCUT2D eigenvalue weighted by atomic mass is 9.72. The van der Waals surface area contributed by atoms with Crippen LogP contribution in [0.1, 0.15) is 33.1 Å². The van der Waals surface area contributed by atoms with Crippen molar-refractivity contribution in [1.29, 1.82) is 0 Å². The van der Waals surface area contributed by atoms with Crippen LogP contribution in [-0.2, 0) is 6.54 Å². The Morgan fingerprint density at radius 3 is 2.30 bits per heavy atom. The highest BCUT2D eigenvalue weighted by Crippen LogP contribution is 2.41. The molecular formula is C35H43FN8O3. The zero-order chi connectivity index (χ0) is 32.7. The number of hydrogen-bond acceptors (Lipinski definition) is 8. The first-order chi connectivity index (χ1) is 22.7. The van der Waals surface area contributed by atoms with Gasteiger partial charge in [-0.05, 0) is 73.5 Å². The molecule has 2 aromatic carbocycles. The minimum Gasteiger partial charge on any atom is -0.465 e. The summed E-state index contributed by atoms with van der Waals surface area (Å²) >= 11 is 0. The first-order valence-electron chi connectivity index (χ1n) is 16.6. The number of carbonyl (C=O) groups is 1. The third-order valence-electron chi connectivity index (χ3n) is 10.5. The quantitative estimate of drug-likeness (QED) is 0.261. The SMILES string of the molecule is CC(C)(Cn1nc(-c2ccc(Oc3ccccc3)cc2)c2c(N)ncnc21)[C@H]1CCN(C2CCN(C3CN(C(=O)O)C3)CC2)C[C@H]1F. The van der Waals surface area contributed by atoms with Crippen molar-refractivity contribution in [2.45, 2.75) is 57.9 Å². The summed E-state index contributed by atoms with van der Waals surface area (Å²) in [5.41, 5.74) is 8.20. The Labute approximate surface area is 274 Å². The number of nitrogens with two attached hydrogens (primary N) is 1. The maximum absolute atomic E-state index is 16.1. The zero-order valence-electron chi connectivity index (χ0n) is 27.0. The van der Waals surface area contributed by atoms with Crippen molar-refractivity contribution >= 4 is 22.9 Å². The Hall–Kier alpha value is -4.29. The van der Waals surface area contributed by atoms with E-state index in [1.165, 1.54) is 11.2 Å². The van der Waals surface area contributed by atoms with Gasteiger partial charge in [-0.25, -0.2) is 23.8 Å². The summed E-state index contributed by atoms with van der Waals surface area (Å²) in [7, 11) is 0. The maximum atomic E-state index is 16.1. The lowest BCUT2D eigenvalue weighted by Crippen LogP contribution is -2.63. The molecule has 0 bridgehead atoms. The van der Waals surface area contributed by atoms with E-state index < -0.39 is 17.7 Å². The van der Waals surface area contributed by atoms with E-state index >= 15 is 4.39 Å². The molecule has 7 rings (SSSR count). The Morgan fingerprint density at radius 2 is 1.62 bits per heavy atom. The van der Waals surface area contributed by atoms with Crippen molar-refractivity contribution in [2.75, 3.05) is 45.0 Å². The Balaban J connectivity index is 1.01. The maximum Gasteiger partial charge on any atom is 0.407 e. The van der Waals surface area contributed by atoms with Crippen LogP contribution in [0.3, 0.4) is 0 Å². The average Bonchev–Trinajstić information content (AvgIpc) is 3.40. The largest absolute Gasteiger partial charge is 0.465 e. The van der Waals surface area contributed by atoms with Gasteiger partial charge in [0.1, 0.15) is 35.5 Å². The summed E-state index contributed by atoms with van der Waals surface area (Å²) < 4.78 is 23.9. The smallest absolute Gasteiger partial charge is 0.407 e. The molecule has 1 amide bonds. The van der Waals surface area contributed by atoms with E-state index in [4.69, 9.17) is 20.7 Å². The Kier molecular flexibility index (Phi) is 8.48. The van der Waals surface area contributed by atoms with E-state index in [9.17, 15) is 4.79 Å². The highest BCUT2D eigenvalue weighted by molar-refractivity contribution is 5.98. The van der Waals surface area contributed by atoms with Crippen molar-refractivity contribution in [2.24, 2.45) is 11.3 Å². The van der Waals surface area contributed by atoms with Gasteiger partial charge in [-0.2, -0.15) is 5.10 Å². The van der Waals surface area contributed by atoms with Gasteiger partial charge >= 0.3 is 6.09 Å². The number of ether oxygens (including phenoxy) is 1. The van der Waals surface area contributed by atoms with E-state index in [0.29, 0.717) is 66.6 Å². The van der Waals surface area contributed by atoms with Gasteiger partial charge in [-0.15, -0.1) is 0 Å². The molecule has 4 aromatic rings. The third-order valence-corrected chi connectivity index (χ3v) is 10.5. The third kappa shape index (κ3) is 6.36. The number of alkyl halides is 1. The van der Waals surface area contributed by atoms with Crippen LogP contribution < -0.4 is 10.5 Å². The molecule has 5 heterocycles. The number of piperidine rings is 2. The van der Waals surface area contributed by atoms with E-state index in [-0.39, 0.29) is 5.92 Å². The average molecular weight is 643 g/mol. The summed E-state index contributed by atoms with van der Waals surface area (Å²) in [5.74, 6) is 1.70. The molecule has 3 aliphatic heterocycles. The van der Waals surface area contributed by atoms with Gasteiger partial charge < -0.3 is 20.5 Å². The molecule has 12 heteroatoms. The molecule has 0 aliphatic carbocycles. The summed E-state index contributed by atoms with van der Waals surface area (Å²) in [6, 6.07) is 18.0. The number of nitrogens with zero attached hydrogens (tertiary/aromatic N) is 7. The number of aromatic nitrogens is 4. The summed E-state index contributed by atoms with van der Waals surface area (Å²) in [6.45, 7) is 9.12. The van der Waals surface area contributed by atoms with Crippen LogP contribution in [0, 0.1) is 11.3 Å². The van der Waals surface area contributed by atoms with E-state index in [0.717, 1.165) is 50.2 Å². The van der Waals surface area contributed by atoms with Crippen LogP contribution in [-0.4, -0.2) is 103 Å². The molecule has 3 saturated heterocycles. The van der Waals surface area contributed by atoms with Crippen molar-refractivity contribution in [3.05, 3.63) is 60.9 Å². The molecule has 2 aromatic heterocycles. The number of hydrogen-bond donors (Lipinski definition) is 2. The lowest BCUT2D eigenvalue weighted by Gasteiger charge is -2.49. The fraction of sp³-hybridized carbons (Fsp3) is 0.486. The number of fused-ring (bicyclic) bond motifs is 1. The summed E-state index contributed by atoms with van der Waals surface area (Å²) in [6.07, 6.45) is 2.43. The van der Waals surface area contributed by atoms with Gasteiger partial charge in [0.05, 0.1) is 5.39 Å². The van der Waals surface area contributed by atoms with Crippen molar-refractivity contribution in [3.63, 3.8) is 0 Å². The van der Waals surface area contributed by atoms with Crippen LogP contribution in [0.15, 0.2) is 60.9 Å². The monoisotopic (exact) mass is 642 g/mol. The highest BCUT2D eigenvalue weighted by Gasteiger charge is 2.43. The molecule has 248 valence electrons. The van der Waals surface area contributed by atoms with Crippen LogP contribution in [0.4, 0.5) is 15.0 Å². The van der Waals surface area contributed by atoms with Crippen LogP contribution in [0.5, 0.6) is 11.5 Å². The molecule has 11 nitrogen and oxygen atoms in total. The summed E-state index contributed by atoms with van der Waals surface area (Å²) in [4.78, 5) is 26.2. The van der Waals surface area contributed by atoms with Gasteiger partial charge in [0.25, 0.3) is 0 Å². The van der Waals surface area contributed by atoms with Crippen LogP contribution >= 0.6 is 0 Å². The lowest BCUT2D eigenvalue weighted by molar-refractivity contribution is -0.0287. The van der Waals surface area contributed by atoms with E-state index in [2.05, 4.69) is 33.6 Å². The molecule has 0 saturated carbocycles. The fourth-order valence-corrected chi connectivity index (χ4v) is 7.75. The van der Waals surface area contributed by atoms with E-state index in [1.54, 1.807) is 0 Å². The number of amides is 1. The number of benzene rings is 2. The first kappa shape index (κ1) is 31.3. The highest BCUT2D eigenvalue weighted by atomic mass is 19.1. The predicted octanol–water partition coefficient (Wildman–Crippen LogP) is 5.38. The number of nitrogen functional groups attached to an aromatic ring is 1. The molecule has 3 fully saturated rings. The normalized spacial score (nSPS) is 22.0. The summed E-state index contributed by atoms with van der Waals surface area (Å²) in [5, 5.41) is 14.8. The minimum atomic E-state index is -0.953. The molecule has 2 atom stereocenters. The predicted molar refractivity (Wildman–Crippen MR) is 178 cm³/mol. The van der Waals surface area contributed by atoms with Crippen LogP contribution in [0.25, 0.3) is 22.3 Å². The number of carboxylic acid groups (broad SMARTS) is 1. The topological polar surface area (TPSA) is 126 Å². The number of rotatable bonds is 8. The van der Waals surface area contributed by atoms with E-state index in [1.807, 2.05) is 59.3 Å². The van der Waals surface area contributed by atoms with Gasteiger partial charge in [0.2, 0.25) is 0 Å². The molecule has 47 heavy (non-hydrogen) atoms. The van der Waals surface area contributed by atoms with Crippen molar-refractivity contribution in [1.82, 2.24) is 34.4 Å². The Bertz CT molecular complexity index is 1700. The molecular weight excluding hydrogens is 599 g/mol. The second-order valence-corrected chi connectivity index (χ2v) is 13.9. The van der Waals surface area contributed by atoms with Gasteiger partial charge in [0, 0.05) is 56.9 Å². The van der Waals surface area contributed by atoms with Crippen LogP contribution in [0.2, 0.25) is 0 Å². The van der Waals surface area contributed by atoms with Gasteiger partial charge in [0.15, 0.2) is 5.65 Å². The second-order valence-electron chi connectivity index (χ2n) is 13.9. The fourth-order valence-electron chi connectivity index (χ4n) is 7.75. The standard InChI is InChI=1S/C35H43FN8O3/c1-35(2,28-14-17-42(20-29(28)36)24-12-15-41(16-13-24)25-18-43(19-25)34(45)46)21-44-33-30(32(37)38-22-39-33)31(40-44)23-8-10-27(11-9-23)47-26-6-4-3-5-7-26/h3-11,22,24-25,28-29H,12-21H2,1-2H3,(H,45,46)(H2,37,38,39)/t28-,29+/m0/s1. The minimum absolute atomic E-state index is 0.132. The number of para-hydroxylation sites is 1. The van der Waals surface area contributed by atoms with Gasteiger partial charge in [-0.1, -0.05) is 32.0 Å². The number of halogens is 1. The molecule has 3 aliphatic rings. The second kappa shape index (κ2) is 12.7. The molecule has 0 spiro atoms. The zero-order valence-corrected chi connectivity index (χ0v) is 27.0. The molecule has 0 unspecified atom stereocenters. The Morgan fingerprint density at radius 1 is 0.936 bits per heavy atom. The number of anilines is 1. The van der Waals surface area contributed by atoms with Crippen molar-refractivity contribution in [3.8, 4) is 22.8 Å². The first-order valence-corrected chi connectivity index (χ1v) is 16.6. The van der Waals surface area contributed by atoms with Gasteiger partial charge in [-0.3, -0.25) is 9.80 Å². The van der Waals surface area contributed by atoms with Crippen molar-refractivity contribution < 1.29 is 19.0 Å².